The second-order valence-electron chi connectivity index (χ2n) is 1.88. The van der Waals surface area contributed by atoms with Crippen LogP contribution < -0.4 is 5.73 Å². The van der Waals surface area contributed by atoms with Gasteiger partial charge in [-0.15, -0.1) is 0 Å². The number of rotatable bonds is 3. The summed E-state index contributed by atoms with van der Waals surface area (Å²) in [5.41, 5.74) is 5.39. The molecule has 0 amide bonds. The lowest BCUT2D eigenvalue weighted by Gasteiger charge is -2.06. The number of hydrogen-bond donors (Lipinski definition) is 3. The van der Waals surface area contributed by atoms with Gasteiger partial charge in [0.05, 0.1) is 0 Å². The third-order valence-electron chi connectivity index (χ3n) is 1.04. The average Bonchev–Trinajstić information content (AvgIpc) is 1.65. The summed E-state index contributed by atoms with van der Waals surface area (Å²) in [5.74, 6) is 0. The Morgan fingerprint density at radius 2 is 2.12 bits per heavy atom. The fourth-order valence-electron chi connectivity index (χ4n) is 0.437. The van der Waals surface area contributed by atoms with Crippen LogP contribution in [0.3, 0.4) is 0 Å². The molecule has 0 aliphatic rings. The maximum absolute atomic E-state index is 8.47. The lowest BCUT2D eigenvalue weighted by molar-refractivity contribution is 0.397. The van der Waals surface area contributed by atoms with Crippen molar-refractivity contribution in [1.29, 1.82) is 0 Å². The molecule has 1 atom stereocenters. The molecular weight excluding hydrogens is 122 g/mol. The molecule has 0 aromatic carbocycles. The van der Waals surface area contributed by atoms with Crippen LogP contribution in [0.2, 0.25) is 6.04 Å². The minimum Gasteiger partial charge on any atom is -0.413 e. The molecule has 0 heterocycles. The van der Waals surface area contributed by atoms with Crippen molar-refractivity contribution in [3.8, 4) is 0 Å². The first-order valence-corrected chi connectivity index (χ1v) is 4.63. The average molecular weight is 135 g/mol. The van der Waals surface area contributed by atoms with Gasteiger partial charge in [0.15, 0.2) is 0 Å². The van der Waals surface area contributed by atoms with E-state index < -0.39 is 9.28 Å². The van der Waals surface area contributed by atoms with E-state index in [0.29, 0.717) is 6.04 Å². The fourth-order valence-corrected chi connectivity index (χ4v) is 1.31. The van der Waals surface area contributed by atoms with E-state index in [1.54, 1.807) is 0 Å². The Hall–Kier alpha value is 0.0969. The molecule has 0 fully saturated rings. The topological polar surface area (TPSA) is 66.5 Å². The van der Waals surface area contributed by atoms with Gasteiger partial charge in [-0.2, -0.15) is 0 Å². The Balaban J connectivity index is 3.10. The first-order valence-electron chi connectivity index (χ1n) is 2.78. The van der Waals surface area contributed by atoms with Crippen molar-refractivity contribution in [2.24, 2.45) is 5.73 Å². The molecule has 0 aliphatic carbocycles. The van der Waals surface area contributed by atoms with E-state index in [1.807, 2.05) is 6.92 Å². The number of hydrogen-bond acceptors (Lipinski definition) is 3. The van der Waals surface area contributed by atoms with Gasteiger partial charge < -0.3 is 15.3 Å². The van der Waals surface area contributed by atoms with Crippen LogP contribution in [-0.4, -0.2) is 24.9 Å². The Morgan fingerprint density at radius 3 is 2.25 bits per heavy atom. The smallest absolute Gasteiger partial charge is 0.317 e. The molecule has 0 bridgehead atoms. The molecule has 50 valence electrons. The van der Waals surface area contributed by atoms with Crippen LogP contribution in [0.4, 0.5) is 0 Å². The summed E-state index contributed by atoms with van der Waals surface area (Å²) in [5, 5.41) is 0. The zero-order valence-electron chi connectivity index (χ0n) is 5.04. The summed E-state index contributed by atoms with van der Waals surface area (Å²) in [6.07, 6.45) is 0.824. The van der Waals surface area contributed by atoms with Crippen molar-refractivity contribution in [1.82, 2.24) is 0 Å². The second kappa shape index (κ2) is 4.02. The van der Waals surface area contributed by atoms with Crippen LogP contribution in [0.1, 0.15) is 13.3 Å². The largest absolute Gasteiger partial charge is 0.413 e. The van der Waals surface area contributed by atoms with Gasteiger partial charge in [-0.25, -0.2) is 0 Å². The Bertz CT molecular complexity index is 60.0. The molecule has 8 heavy (non-hydrogen) atoms. The third kappa shape index (κ3) is 4.26. The normalized spacial score (nSPS) is 14.6. The third-order valence-corrected chi connectivity index (χ3v) is 2.07. The quantitative estimate of drug-likeness (QED) is 0.432. The van der Waals surface area contributed by atoms with Crippen LogP contribution in [-0.2, 0) is 0 Å². The van der Waals surface area contributed by atoms with Gasteiger partial charge in [0.25, 0.3) is 0 Å². The summed E-state index contributed by atoms with van der Waals surface area (Å²) >= 11 is 0. The molecule has 0 aromatic heterocycles. The molecule has 0 saturated carbocycles. The summed E-state index contributed by atoms with van der Waals surface area (Å²) in [6, 6.07) is 0.401. The lowest BCUT2D eigenvalue weighted by Crippen LogP contribution is -2.26. The van der Waals surface area contributed by atoms with Crippen LogP contribution in [0.15, 0.2) is 0 Å². The summed E-state index contributed by atoms with van der Waals surface area (Å²) in [4.78, 5) is 16.9. The molecule has 0 radical (unpaired) electrons. The van der Waals surface area contributed by atoms with Gasteiger partial charge >= 0.3 is 9.28 Å². The predicted octanol–water partition coefficient (Wildman–Crippen LogP) is -1.07. The predicted molar refractivity (Wildman–Crippen MR) is 34.7 cm³/mol. The maximum atomic E-state index is 8.47. The zero-order valence-corrected chi connectivity index (χ0v) is 6.20. The molecule has 0 saturated heterocycles. The van der Waals surface area contributed by atoms with Gasteiger partial charge in [0, 0.05) is 12.1 Å². The first-order chi connectivity index (χ1) is 3.66. The summed E-state index contributed by atoms with van der Waals surface area (Å²) in [7, 11) is -2.37. The highest BCUT2D eigenvalue weighted by atomic mass is 28.3. The first kappa shape index (κ1) is 8.10. The number of nitrogens with two attached hydrogens (primary N) is 1. The van der Waals surface area contributed by atoms with E-state index in [2.05, 4.69) is 0 Å². The molecule has 0 aliphatic heterocycles. The second-order valence-corrected chi connectivity index (χ2v) is 3.32. The van der Waals surface area contributed by atoms with Crippen LogP contribution in [0, 0.1) is 0 Å². The van der Waals surface area contributed by atoms with E-state index in [4.69, 9.17) is 15.3 Å². The van der Waals surface area contributed by atoms with E-state index >= 15 is 0 Å². The Labute approximate surface area is 51.0 Å². The van der Waals surface area contributed by atoms with E-state index in [0.717, 1.165) is 6.42 Å². The standard InChI is InChI=1S/C4H13NO2Si/c1-2-4(5)3-8(6)7/h4,6-8H,2-3,5H2,1H3. The highest BCUT2D eigenvalue weighted by Crippen LogP contribution is 1.94. The van der Waals surface area contributed by atoms with E-state index in [9.17, 15) is 0 Å². The van der Waals surface area contributed by atoms with Gasteiger partial charge in [-0.3, -0.25) is 0 Å². The minimum atomic E-state index is -2.37. The monoisotopic (exact) mass is 135 g/mol. The molecule has 1 unspecified atom stereocenters. The Morgan fingerprint density at radius 1 is 1.62 bits per heavy atom. The van der Waals surface area contributed by atoms with Crippen molar-refractivity contribution in [2.75, 3.05) is 0 Å². The highest BCUT2D eigenvalue weighted by Gasteiger charge is 2.06. The van der Waals surface area contributed by atoms with E-state index in [1.165, 1.54) is 0 Å². The molecule has 4 heteroatoms. The van der Waals surface area contributed by atoms with Crippen molar-refractivity contribution in [2.45, 2.75) is 25.4 Å². The van der Waals surface area contributed by atoms with E-state index in [-0.39, 0.29) is 6.04 Å². The minimum absolute atomic E-state index is 0.0123. The van der Waals surface area contributed by atoms with Gasteiger partial charge in [-0.05, 0) is 6.42 Å². The maximum Gasteiger partial charge on any atom is 0.317 e. The zero-order chi connectivity index (χ0) is 6.57. The van der Waals surface area contributed by atoms with Crippen molar-refractivity contribution >= 4 is 9.28 Å². The molecular formula is C4H13NO2Si. The molecule has 0 spiro atoms. The van der Waals surface area contributed by atoms with Crippen molar-refractivity contribution in [3.05, 3.63) is 0 Å². The highest BCUT2D eigenvalue weighted by molar-refractivity contribution is 6.41. The molecule has 0 rings (SSSR count). The molecule has 0 aromatic rings. The lowest BCUT2D eigenvalue weighted by atomic mass is 10.3. The van der Waals surface area contributed by atoms with Crippen LogP contribution >= 0.6 is 0 Å². The Kier molecular flexibility index (Phi) is 4.07. The van der Waals surface area contributed by atoms with Crippen LogP contribution in [0.25, 0.3) is 0 Å². The summed E-state index contributed by atoms with van der Waals surface area (Å²) < 4.78 is 0. The molecule has 4 N–H and O–H groups in total. The summed E-state index contributed by atoms with van der Waals surface area (Å²) in [6.45, 7) is 1.93. The van der Waals surface area contributed by atoms with Gasteiger partial charge in [0.2, 0.25) is 0 Å². The van der Waals surface area contributed by atoms with Gasteiger partial charge in [0.1, 0.15) is 0 Å². The fraction of sp³-hybridized carbons (Fsp3) is 1.00. The molecule has 3 nitrogen and oxygen atoms in total. The van der Waals surface area contributed by atoms with Gasteiger partial charge in [-0.1, -0.05) is 6.92 Å². The van der Waals surface area contributed by atoms with Crippen molar-refractivity contribution in [3.63, 3.8) is 0 Å². The van der Waals surface area contributed by atoms with Crippen LogP contribution in [0.5, 0.6) is 0 Å². The van der Waals surface area contributed by atoms with Crippen molar-refractivity contribution < 1.29 is 9.59 Å². The SMILES string of the molecule is CCC(N)C[SiH](O)O.